The van der Waals surface area contributed by atoms with E-state index in [0.717, 1.165) is 16.8 Å². The van der Waals surface area contributed by atoms with Gasteiger partial charge < -0.3 is 10.4 Å². The molecule has 0 aliphatic carbocycles. The third-order valence-electron chi connectivity index (χ3n) is 4.37. The highest BCUT2D eigenvalue weighted by Gasteiger charge is 2.60. The van der Waals surface area contributed by atoms with Crippen molar-refractivity contribution < 1.29 is 19.5 Å². The molecule has 31 heavy (non-hydrogen) atoms. The number of rotatable bonds is 6. The Morgan fingerprint density at radius 3 is 2.58 bits per heavy atom. The van der Waals surface area contributed by atoms with Crippen LogP contribution in [0.3, 0.4) is 0 Å². The second kappa shape index (κ2) is 8.07. The van der Waals surface area contributed by atoms with E-state index in [4.69, 9.17) is 0 Å². The standard InChI is InChI=1S/C15H16N8O4S4/c1-5(24)16-15(3)9(30-13-18-20-21-22(13)4)7(12(26)27)23-10(25)8(11(23)31-15)29-14-19-17-6(2)28-14/h8,11H,1-4H3,(H,16,24)(H,26,27)/t8?,11-,15?/m1/s1. The highest BCUT2D eigenvalue weighted by atomic mass is 32.2. The van der Waals surface area contributed by atoms with Gasteiger partial charge in [0.25, 0.3) is 0 Å². The van der Waals surface area contributed by atoms with E-state index in [0.29, 0.717) is 9.50 Å². The predicted octanol–water partition coefficient (Wildman–Crippen LogP) is 0.687. The molecular formula is C15H16N8O4S4. The van der Waals surface area contributed by atoms with Crippen LogP contribution in [0, 0.1) is 6.92 Å². The third-order valence-corrected chi connectivity index (χ3v) is 9.67. The lowest BCUT2D eigenvalue weighted by Crippen LogP contribution is -2.67. The van der Waals surface area contributed by atoms with Crippen molar-refractivity contribution in [2.45, 2.75) is 45.8 Å². The molecule has 2 aromatic rings. The van der Waals surface area contributed by atoms with Crippen molar-refractivity contribution in [1.82, 2.24) is 40.6 Å². The summed E-state index contributed by atoms with van der Waals surface area (Å²) in [6.07, 6.45) is 0. The molecular weight excluding hydrogens is 484 g/mol. The molecule has 16 heteroatoms. The molecule has 4 rings (SSSR count). The number of carbonyl (C=O) groups is 3. The van der Waals surface area contributed by atoms with Crippen LogP contribution in [0.2, 0.25) is 0 Å². The number of nitrogens with one attached hydrogen (secondary N) is 1. The van der Waals surface area contributed by atoms with Gasteiger partial charge in [-0.25, -0.2) is 9.48 Å². The summed E-state index contributed by atoms with van der Waals surface area (Å²) in [5.41, 5.74) is -0.191. The number of tetrazole rings is 1. The Bertz CT molecular complexity index is 1120. The molecule has 3 atom stereocenters. The molecule has 1 saturated heterocycles. The highest BCUT2D eigenvalue weighted by molar-refractivity contribution is 8.08. The quantitative estimate of drug-likeness (QED) is 0.536. The van der Waals surface area contributed by atoms with Crippen LogP contribution in [0.4, 0.5) is 0 Å². The molecule has 2 aliphatic rings. The molecule has 2 amide bonds. The molecule has 4 heterocycles. The van der Waals surface area contributed by atoms with Crippen molar-refractivity contribution >= 4 is 64.4 Å². The minimum atomic E-state index is -1.27. The topological polar surface area (TPSA) is 156 Å². The van der Waals surface area contributed by atoms with E-state index in [1.165, 1.54) is 51.4 Å². The Labute approximate surface area is 192 Å². The Balaban J connectivity index is 1.76. The van der Waals surface area contributed by atoms with E-state index in [1.54, 1.807) is 14.0 Å². The summed E-state index contributed by atoms with van der Waals surface area (Å²) in [4.78, 5) is 37.7. The van der Waals surface area contributed by atoms with Crippen molar-refractivity contribution in [1.29, 1.82) is 0 Å². The molecule has 2 N–H and O–H groups in total. The fourth-order valence-corrected chi connectivity index (χ4v) is 8.17. The summed E-state index contributed by atoms with van der Waals surface area (Å²) in [5, 5.41) is 32.1. The van der Waals surface area contributed by atoms with Gasteiger partial charge in [-0.1, -0.05) is 23.1 Å². The number of carbonyl (C=O) groups excluding carboxylic acids is 2. The van der Waals surface area contributed by atoms with Crippen LogP contribution in [-0.2, 0) is 21.4 Å². The maximum atomic E-state index is 13.0. The lowest BCUT2D eigenvalue weighted by molar-refractivity contribution is -0.145. The number of aromatic nitrogens is 6. The number of nitrogens with zero attached hydrogens (tertiary/aromatic N) is 7. The van der Waals surface area contributed by atoms with Gasteiger partial charge in [0, 0.05) is 14.0 Å². The van der Waals surface area contributed by atoms with Crippen LogP contribution in [0.15, 0.2) is 20.1 Å². The number of thioether (sulfide) groups is 3. The Morgan fingerprint density at radius 2 is 2.03 bits per heavy atom. The summed E-state index contributed by atoms with van der Waals surface area (Å²) >= 11 is 4.91. The van der Waals surface area contributed by atoms with E-state index in [9.17, 15) is 19.5 Å². The number of amides is 2. The monoisotopic (exact) mass is 500 g/mol. The Kier molecular flexibility index (Phi) is 5.74. The molecule has 164 valence electrons. The van der Waals surface area contributed by atoms with E-state index in [1.807, 2.05) is 6.92 Å². The smallest absolute Gasteiger partial charge is 0.353 e. The molecule has 12 nitrogen and oxygen atoms in total. The zero-order chi connectivity index (χ0) is 22.5. The zero-order valence-electron chi connectivity index (χ0n) is 16.6. The normalized spacial score (nSPS) is 25.3. The number of aryl methyl sites for hydroxylation is 2. The Morgan fingerprint density at radius 1 is 1.29 bits per heavy atom. The van der Waals surface area contributed by atoms with Crippen molar-refractivity contribution in [2.24, 2.45) is 7.05 Å². The SMILES string of the molecule is CC(=O)NC1(C)S[C@@H]2C(Sc3nnc(C)s3)C(=O)N2C(C(=O)O)=C1Sc1nnnn1C. The van der Waals surface area contributed by atoms with E-state index in [2.05, 4.69) is 31.0 Å². The van der Waals surface area contributed by atoms with E-state index in [-0.39, 0.29) is 22.4 Å². The summed E-state index contributed by atoms with van der Waals surface area (Å²) in [5.74, 6) is -1.95. The number of β-lactam (4-membered cyclic amide) rings is 1. The number of fused-ring (bicyclic) bond motifs is 1. The van der Waals surface area contributed by atoms with Crippen molar-refractivity contribution in [3.8, 4) is 0 Å². The first-order valence-electron chi connectivity index (χ1n) is 8.75. The molecule has 2 aliphatic heterocycles. The number of hydrogen-bond donors (Lipinski definition) is 2. The minimum absolute atomic E-state index is 0.191. The molecule has 0 saturated carbocycles. The van der Waals surface area contributed by atoms with Crippen LogP contribution >= 0.6 is 46.6 Å². The van der Waals surface area contributed by atoms with E-state index >= 15 is 0 Å². The average Bonchev–Trinajstić information content (AvgIpc) is 3.28. The largest absolute Gasteiger partial charge is 0.477 e. The number of carboxylic acid groups (broad SMARTS) is 1. The van der Waals surface area contributed by atoms with Crippen LogP contribution < -0.4 is 5.32 Å². The average molecular weight is 501 g/mol. The number of aliphatic carboxylic acids is 1. The van der Waals surface area contributed by atoms with Gasteiger partial charge in [0.05, 0.1) is 4.91 Å². The lowest BCUT2D eigenvalue weighted by atomic mass is 10.1. The maximum absolute atomic E-state index is 13.0. The molecule has 0 radical (unpaired) electrons. The minimum Gasteiger partial charge on any atom is -0.477 e. The molecule has 0 spiro atoms. The summed E-state index contributed by atoms with van der Waals surface area (Å²) in [7, 11) is 1.61. The first-order valence-corrected chi connectivity index (χ1v) is 12.1. The van der Waals surface area contributed by atoms with Gasteiger partial charge in [-0.3, -0.25) is 14.5 Å². The second-order valence-electron chi connectivity index (χ2n) is 6.73. The van der Waals surface area contributed by atoms with Gasteiger partial charge >= 0.3 is 5.97 Å². The summed E-state index contributed by atoms with van der Waals surface area (Å²) in [6.45, 7) is 4.88. The van der Waals surface area contributed by atoms with Crippen LogP contribution in [0.25, 0.3) is 0 Å². The van der Waals surface area contributed by atoms with Crippen molar-refractivity contribution in [3.63, 3.8) is 0 Å². The molecule has 2 unspecified atom stereocenters. The maximum Gasteiger partial charge on any atom is 0.353 e. The van der Waals surface area contributed by atoms with Crippen molar-refractivity contribution in [2.75, 3.05) is 0 Å². The fraction of sp³-hybridized carbons (Fsp3) is 0.467. The van der Waals surface area contributed by atoms with Gasteiger partial charge in [0.1, 0.15) is 26.2 Å². The van der Waals surface area contributed by atoms with Gasteiger partial charge in [-0.2, -0.15) is 0 Å². The molecule has 2 aromatic heterocycles. The third kappa shape index (κ3) is 3.92. The van der Waals surface area contributed by atoms with Crippen LogP contribution in [0.5, 0.6) is 0 Å². The molecule has 1 fully saturated rings. The zero-order valence-corrected chi connectivity index (χ0v) is 19.9. The first kappa shape index (κ1) is 22.0. The number of hydrogen-bond acceptors (Lipinski definition) is 12. The van der Waals surface area contributed by atoms with Crippen LogP contribution in [0.1, 0.15) is 18.9 Å². The lowest BCUT2D eigenvalue weighted by Gasteiger charge is -2.53. The fourth-order valence-electron chi connectivity index (χ4n) is 3.13. The Hall–Kier alpha value is -2.17. The number of carboxylic acids is 1. The highest BCUT2D eigenvalue weighted by Crippen LogP contribution is 2.56. The predicted molar refractivity (Wildman–Crippen MR) is 114 cm³/mol. The summed E-state index contributed by atoms with van der Waals surface area (Å²) in [6, 6.07) is 0. The summed E-state index contributed by atoms with van der Waals surface area (Å²) < 4.78 is 2.01. The van der Waals surface area contributed by atoms with Crippen LogP contribution in [-0.4, -0.2) is 73.7 Å². The van der Waals surface area contributed by atoms with Gasteiger partial charge in [0.15, 0.2) is 4.34 Å². The van der Waals surface area contributed by atoms with Gasteiger partial charge in [0.2, 0.25) is 17.0 Å². The van der Waals surface area contributed by atoms with Gasteiger partial charge in [-0.15, -0.1) is 27.1 Å². The first-order chi connectivity index (χ1) is 14.6. The molecule has 0 bridgehead atoms. The van der Waals surface area contributed by atoms with Crippen molar-refractivity contribution in [3.05, 3.63) is 15.6 Å². The second-order valence-corrected chi connectivity index (χ2v) is 11.8. The molecule has 0 aromatic carbocycles. The van der Waals surface area contributed by atoms with E-state index < -0.39 is 21.5 Å². The van der Waals surface area contributed by atoms with Gasteiger partial charge in [-0.05, 0) is 36.0 Å².